The van der Waals surface area contributed by atoms with Crippen LogP contribution in [0.3, 0.4) is 0 Å². The Morgan fingerprint density at radius 3 is 2.76 bits per heavy atom. The van der Waals surface area contributed by atoms with Gasteiger partial charge in [0.25, 0.3) is 0 Å². The summed E-state index contributed by atoms with van der Waals surface area (Å²) in [5.41, 5.74) is 2.80. The number of nitrogens with zero attached hydrogens (tertiary/aromatic N) is 3. The normalized spacial score (nSPS) is 10.6. The third-order valence-corrected chi connectivity index (χ3v) is 4.16. The minimum atomic E-state index is 0.498. The molecule has 2 aromatic rings. The molecule has 0 aliphatic carbocycles. The SMILES string of the molecule is CCc1nc(-c2ncccc2C)nc(Cl)c1I. The summed E-state index contributed by atoms with van der Waals surface area (Å²) in [6.45, 7) is 4.04. The Kier molecular flexibility index (Phi) is 3.93. The Morgan fingerprint density at radius 1 is 1.35 bits per heavy atom. The van der Waals surface area contributed by atoms with Gasteiger partial charge in [-0.05, 0) is 47.6 Å². The molecule has 2 heterocycles. The number of aryl methyl sites for hydroxylation is 2. The van der Waals surface area contributed by atoms with Crippen LogP contribution in [0, 0.1) is 10.5 Å². The highest BCUT2D eigenvalue weighted by Gasteiger charge is 2.12. The van der Waals surface area contributed by atoms with Gasteiger partial charge in [0.1, 0.15) is 10.8 Å². The fourth-order valence-electron chi connectivity index (χ4n) is 1.52. The third-order valence-electron chi connectivity index (χ3n) is 2.44. The van der Waals surface area contributed by atoms with Crippen molar-refractivity contribution in [2.75, 3.05) is 0 Å². The van der Waals surface area contributed by atoms with E-state index in [-0.39, 0.29) is 0 Å². The topological polar surface area (TPSA) is 38.7 Å². The average Bonchev–Trinajstić information content (AvgIpc) is 2.33. The summed E-state index contributed by atoms with van der Waals surface area (Å²) < 4.78 is 0.920. The quantitative estimate of drug-likeness (QED) is 0.607. The summed E-state index contributed by atoms with van der Waals surface area (Å²) in [5, 5.41) is 0.498. The molecule has 0 N–H and O–H groups in total. The molecule has 0 fully saturated rings. The molecule has 0 amide bonds. The molecule has 0 saturated carbocycles. The molecule has 0 aliphatic heterocycles. The molecule has 2 rings (SSSR count). The van der Waals surface area contributed by atoms with Gasteiger partial charge in [0.05, 0.1) is 9.26 Å². The molecule has 2 aromatic heterocycles. The largest absolute Gasteiger partial charge is 0.253 e. The van der Waals surface area contributed by atoms with E-state index in [1.807, 2.05) is 19.1 Å². The van der Waals surface area contributed by atoms with Gasteiger partial charge in [-0.15, -0.1) is 0 Å². The Labute approximate surface area is 119 Å². The summed E-state index contributed by atoms with van der Waals surface area (Å²) in [6.07, 6.45) is 2.57. The van der Waals surface area contributed by atoms with Gasteiger partial charge >= 0.3 is 0 Å². The Bertz CT molecular complexity index is 557. The van der Waals surface area contributed by atoms with Gasteiger partial charge in [0, 0.05) is 6.20 Å². The van der Waals surface area contributed by atoms with Crippen molar-refractivity contribution < 1.29 is 0 Å². The molecule has 0 bridgehead atoms. The second-order valence-electron chi connectivity index (χ2n) is 3.62. The smallest absolute Gasteiger partial charge is 0.180 e. The lowest BCUT2D eigenvalue weighted by atomic mass is 10.2. The van der Waals surface area contributed by atoms with E-state index in [4.69, 9.17) is 11.6 Å². The van der Waals surface area contributed by atoms with Crippen LogP contribution in [0.5, 0.6) is 0 Å². The first-order valence-corrected chi connectivity index (χ1v) is 6.73. The van der Waals surface area contributed by atoms with E-state index in [0.29, 0.717) is 11.0 Å². The maximum Gasteiger partial charge on any atom is 0.180 e. The number of pyridine rings is 1. The van der Waals surface area contributed by atoms with Crippen molar-refractivity contribution in [3.05, 3.63) is 38.3 Å². The second-order valence-corrected chi connectivity index (χ2v) is 5.06. The number of aromatic nitrogens is 3. The molecule has 0 saturated heterocycles. The lowest BCUT2D eigenvalue weighted by Gasteiger charge is -2.07. The molecule has 88 valence electrons. The van der Waals surface area contributed by atoms with E-state index in [2.05, 4.69) is 44.5 Å². The highest BCUT2D eigenvalue weighted by molar-refractivity contribution is 14.1. The van der Waals surface area contributed by atoms with Crippen molar-refractivity contribution in [2.24, 2.45) is 0 Å². The van der Waals surface area contributed by atoms with Crippen LogP contribution < -0.4 is 0 Å². The Balaban J connectivity index is 2.61. The molecule has 0 aromatic carbocycles. The average molecular weight is 360 g/mol. The lowest BCUT2D eigenvalue weighted by Crippen LogP contribution is -2.01. The minimum absolute atomic E-state index is 0.498. The zero-order valence-corrected chi connectivity index (χ0v) is 12.5. The maximum atomic E-state index is 6.11. The highest BCUT2D eigenvalue weighted by Crippen LogP contribution is 2.24. The molecule has 0 radical (unpaired) electrons. The summed E-state index contributed by atoms with van der Waals surface area (Å²) in [5.74, 6) is 0.602. The monoisotopic (exact) mass is 359 g/mol. The van der Waals surface area contributed by atoms with E-state index in [1.165, 1.54) is 0 Å². The van der Waals surface area contributed by atoms with Gasteiger partial charge in [-0.3, -0.25) is 4.98 Å². The zero-order valence-electron chi connectivity index (χ0n) is 9.54. The lowest BCUT2D eigenvalue weighted by molar-refractivity contribution is 0.980. The van der Waals surface area contributed by atoms with Crippen molar-refractivity contribution in [2.45, 2.75) is 20.3 Å². The summed E-state index contributed by atoms with van der Waals surface area (Å²) in [7, 11) is 0. The first-order chi connectivity index (χ1) is 8.13. The summed E-state index contributed by atoms with van der Waals surface area (Å²) in [6, 6.07) is 3.89. The molecule has 5 heteroatoms. The van der Waals surface area contributed by atoms with Crippen LogP contribution >= 0.6 is 34.2 Å². The predicted molar refractivity (Wildman–Crippen MR) is 77.1 cm³/mol. The maximum absolute atomic E-state index is 6.11. The van der Waals surface area contributed by atoms with E-state index in [0.717, 1.165) is 26.9 Å². The van der Waals surface area contributed by atoms with Crippen LogP contribution in [0.15, 0.2) is 18.3 Å². The Hall–Kier alpha value is -0.750. The van der Waals surface area contributed by atoms with Crippen molar-refractivity contribution in [3.63, 3.8) is 0 Å². The summed E-state index contributed by atoms with van der Waals surface area (Å²) >= 11 is 8.29. The molecule has 17 heavy (non-hydrogen) atoms. The van der Waals surface area contributed by atoms with Gasteiger partial charge < -0.3 is 0 Å². The van der Waals surface area contributed by atoms with Gasteiger partial charge in [-0.1, -0.05) is 24.6 Å². The van der Waals surface area contributed by atoms with Gasteiger partial charge in [0.2, 0.25) is 0 Å². The van der Waals surface area contributed by atoms with E-state index < -0.39 is 0 Å². The van der Waals surface area contributed by atoms with Crippen LogP contribution in [-0.2, 0) is 6.42 Å². The zero-order chi connectivity index (χ0) is 12.4. The molecule has 3 nitrogen and oxygen atoms in total. The number of halogens is 2. The van der Waals surface area contributed by atoms with Crippen LogP contribution in [0.2, 0.25) is 5.15 Å². The molecular weight excluding hydrogens is 349 g/mol. The van der Waals surface area contributed by atoms with E-state index in [9.17, 15) is 0 Å². The second kappa shape index (κ2) is 5.27. The van der Waals surface area contributed by atoms with Crippen molar-refractivity contribution in [1.82, 2.24) is 15.0 Å². The van der Waals surface area contributed by atoms with Gasteiger partial charge in [-0.25, -0.2) is 9.97 Å². The molecule has 0 unspecified atom stereocenters. The van der Waals surface area contributed by atoms with Gasteiger partial charge in [-0.2, -0.15) is 0 Å². The number of rotatable bonds is 2. The first-order valence-electron chi connectivity index (χ1n) is 5.27. The number of hydrogen-bond acceptors (Lipinski definition) is 3. The molecular formula is C12H11ClIN3. The predicted octanol–water partition coefficient (Wildman–Crippen LogP) is 3.67. The van der Waals surface area contributed by atoms with E-state index in [1.54, 1.807) is 6.20 Å². The molecule has 0 spiro atoms. The van der Waals surface area contributed by atoms with Crippen molar-refractivity contribution in [1.29, 1.82) is 0 Å². The number of hydrogen-bond donors (Lipinski definition) is 0. The van der Waals surface area contributed by atoms with Crippen molar-refractivity contribution >= 4 is 34.2 Å². The minimum Gasteiger partial charge on any atom is -0.253 e. The highest BCUT2D eigenvalue weighted by atomic mass is 127. The standard InChI is InChI=1S/C12H11ClIN3/c1-3-8-9(14)11(13)17-12(16-8)10-7(2)5-4-6-15-10/h4-6H,3H2,1-2H3. The van der Waals surface area contributed by atoms with Crippen LogP contribution in [0.1, 0.15) is 18.2 Å². The summed E-state index contributed by atoms with van der Waals surface area (Å²) in [4.78, 5) is 13.1. The Morgan fingerprint density at radius 2 is 2.12 bits per heavy atom. The van der Waals surface area contributed by atoms with E-state index >= 15 is 0 Å². The van der Waals surface area contributed by atoms with Crippen LogP contribution in [-0.4, -0.2) is 15.0 Å². The molecule has 0 atom stereocenters. The first kappa shape index (κ1) is 12.7. The fraction of sp³-hybridized carbons (Fsp3) is 0.250. The van der Waals surface area contributed by atoms with Gasteiger partial charge in [0.15, 0.2) is 5.82 Å². The van der Waals surface area contributed by atoms with Crippen molar-refractivity contribution in [3.8, 4) is 11.5 Å². The third kappa shape index (κ3) is 2.57. The van der Waals surface area contributed by atoms with Crippen LogP contribution in [0.25, 0.3) is 11.5 Å². The fourth-order valence-corrected chi connectivity index (χ4v) is 2.33. The van der Waals surface area contributed by atoms with Crippen LogP contribution in [0.4, 0.5) is 0 Å². The molecule has 0 aliphatic rings.